The van der Waals surface area contributed by atoms with Gasteiger partial charge in [-0.1, -0.05) is 12.8 Å². The highest BCUT2D eigenvalue weighted by Gasteiger charge is 2.42. The van der Waals surface area contributed by atoms with Gasteiger partial charge in [-0.05, 0) is 31.6 Å². The molecular formula is C14H22N4O. The zero-order valence-corrected chi connectivity index (χ0v) is 11.2. The minimum Gasteiger partial charge on any atom is -0.375 e. The lowest BCUT2D eigenvalue weighted by atomic mass is 9.80. The number of hydrogen-bond acceptors (Lipinski definition) is 5. The Labute approximate surface area is 113 Å². The van der Waals surface area contributed by atoms with Gasteiger partial charge in [0.25, 0.3) is 0 Å². The van der Waals surface area contributed by atoms with Crippen molar-refractivity contribution in [1.29, 1.82) is 0 Å². The first-order valence-electron chi connectivity index (χ1n) is 7.19. The molecule has 0 radical (unpaired) electrons. The Hall–Kier alpha value is -1.04. The SMILES string of the molecule is NNC(c1cnccn1)C1CCOC2(CCCC2)C1. The van der Waals surface area contributed by atoms with Crippen molar-refractivity contribution >= 4 is 0 Å². The molecule has 1 aromatic heterocycles. The van der Waals surface area contributed by atoms with Crippen LogP contribution in [-0.2, 0) is 4.74 Å². The van der Waals surface area contributed by atoms with Gasteiger partial charge in [0.2, 0.25) is 0 Å². The Morgan fingerprint density at radius 3 is 2.89 bits per heavy atom. The third kappa shape index (κ3) is 2.63. The molecule has 3 N–H and O–H groups in total. The average Bonchev–Trinajstić information content (AvgIpc) is 2.89. The zero-order valence-electron chi connectivity index (χ0n) is 11.2. The third-order valence-corrected chi connectivity index (χ3v) is 4.60. The van der Waals surface area contributed by atoms with Gasteiger partial charge < -0.3 is 4.74 Å². The summed E-state index contributed by atoms with van der Waals surface area (Å²) in [4.78, 5) is 8.54. The Morgan fingerprint density at radius 1 is 1.37 bits per heavy atom. The van der Waals surface area contributed by atoms with E-state index in [-0.39, 0.29) is 11.6 Å². The second kappa shape index (κ2) is 5.53. The zero-order chi connectivity index (χ0) is 13.1. The molecule has 0 bridgehead atoms. The maximum Gasteiger partial charge on any atom is 0.0772 e. The molecule has 1 aromatic rings. The van der Waals surface area contributed by atoms with Crippen LogP contribution in [0.1, 0.15) is 50.3 Å². The van der Waals surface area contributed by atoms with Crippen molar-refractivity contribution in [3.05, 3.63) is 24.3 Å². The predicted molar refractivity (Wildman–Crippen MR) is 72.0 cm³/mol. The molecule has 19 heavy (non-hydrogen) atoms. The first kappa shape index (κ1) is 13.0. The highest BCUT2D eigenvalue weighted by molar-refractivity contribution is 5.06. The monoisotopic (exact) mass is 262 g/mol. The number of nitrogens with one attached hydrogen (secondary N) is 1. The number of rotatable bonds is 3. The van der Waals surface area contributed by atoms with E-state index in [1.807, 2.05) is 0 Å². The molecule has 1 aliphatic carbocycles. The molecule has 5 heteroatoms. The van der Waals surface area contributed by atoms with E-state index in [1.165, 1.54) is 25.7 Å². The summed E-state index contributed by atoms with van der Waals surface area (Å²) in [7, 11) is 0. The number of nitrogens with two attached hydrogens (primary N) is 1. The normalized spacial score (nSPS) is 27.5. The molecule has 1 saturated carbocycles. The van der Waals surface area contributed by atoms with E-state index in [0.29, 0.717) is 5.92 Å². The summed E-state index contributed by atoms with van der Waals surface area (Å²) in [5, 5.41) is 0. The van der Waals surface area contributed by atoms with E-state index >= 15 is 0 Å². The molecule has 2 heterocycles. The predicted octanol–water partition coefficient (Wildman–Crippen LogP) is 1.72. The van der Waals surface area contributed by atoms with Crippen molar-refractivity contribution in [2.24, 2.45) is 11.8 Å². The molecule has 2 unspecified atom stereocenters. The van der Waals surface area contributed by atoms with E-state index in [9.17, 15) is 0 Å². The van der Waals surface area contributed by atoms with Crippen LogP contribution in [-0.4, -0.2) is 22.2 Å². The van der Waals surface area contributed by atoms with Crippen LogP contribution in [0, 0.1) is 5.92 Å². The maximum atomic E-state index is 6.08. The van der Waals surface area contributed by atoms with Crippen LogP contribution < -0.4 is 11.3 Å². The van der Waals surface area contributed by atoms with Crippen LogP contribution in [0.2, 0.25) is 0 Å². The topological polar surface area (TPSA) is 73.1 Å². The smallest absolute Gasteiger partial charge is 0.0772 e. The lowest BCUT2D eigenvalue weighted by Gasteiger charge is -2.41. The lowest BCUT2D eigenvalue weighted by molar-refractivity contribution is -0.0984. The Balaban J connectivity index is 1.76. The summed E-state index contributed by atoms with van der Waals surface area (Å²) >= 11 is 0. The number of hydrazine groups is 1. The highest BCUT2D eigenvalue weighted by atomic mass is 16.5. The van der Waals surface area contributed by atoms with Gasteiger partial charge in [-0.2, -0.15) is 0 Å². The van der Waals surface area contributed by atoms with Crippen LogP contribution in [0.25, 0.3) is 0 Å². The molecule has 1 aliphatic heterocycles. The molecule has 1 saturated heterocycles. The number of aromatic nitrogens is 2. The van der Waals surface area contributed by atoms with E-state index in [4.69, 9.17) is 10.6 Å². The summed E-state index contributed by atoms with van der Waals surface area (Å²) in [5.74, 6) is 6.24. The molecule has 2 atom stereocenters. The summed E-state index contributed by atoms with van der Waals surface area (Å²) in [6, 6.07) is 0.0788. The van der Waals surface area contributed by atoms with Crippen molar-refractivity contribution in [3.8, 4) is 0 Å². The molecule has 3 rings (SSSR count). The van der Waals surface area contributed by atoms with Gasteiger partial charge in [-0.25, -0.2) is 0 Å². The average molecular weight is 262 g/mol. The van der Waals surface area contributed by atoms with Crippen molar-refractivity contribution in [1.82, 2.24) is 15.4 Å². The second-order valence-electron chi connectivity index (χ2n) is 5.77. The van der Waals surface area contributed by atoms with Crippen LogP contribution in [0.4, 0.5) is 0 Å². The van der Waals surface area contributed by atoms with Crippen molar-refractivity contribution < 1.29 is 4.74 Å². The molecule has 0 amide bonds. The van der Waals surface area contributed by atoms with Gasteiger partial charge in [0.15, 0.2) is 0 Å². The Kier molecular flexibility index (Phi) is 3.77. The Bertz CT molecular complexity index is 405. The number of nitrogens with zero attached hydrogens (tertiary/aromatic N) is 2. The van der Waals surface area contributed by atoms with E-state index in [2.05, 4.69) is 15.4 Å². The van der Waals surface area contributed by atoms with E-state index in [1.54, 1.807) is 18.6 Å². The first-order chi connectivity index (χ1) is 9.33. The van der Waals surface area contributed by atoms with Gasteiger partial charge in [0.1, 0.15) is 0 Å². The first-order valence-corrected chi connectivity index (χ1v) is 7.19. The molecule has 2 fully saturated rings. The fraction of sp³-hybridized carbons (Fsp3) is 0.714. The summed E-state index contributed by atoms with van der Waals surface area (Å²) in [5.41, 5.74) is 3.98. The maximum absolute atomic E-state index is 6.08. The standard InChI is InChI=1S/C14H22N4O/c15-18-13(12-10-16-6-7-17-12)11-3-8-19-14(9-11)4-1-2-5-14/h6-7,10-11,13,18H,1-5,8-9,15H2. The van der Waals surface area contributed by atoms with Gasteiger partial charge in [-0.3, -0.25) is 21.2 Å². The van der Waals surface area contributed by atoms with Gasteiger partial charge in [-0.15, -0.1) is 0 Å². The van der Waals surface area contributed by atoms with Crippen LogP contribution in [0.15, 0.2) is 18.6 Å². The van der Waals surface area contributed by atoms with Gasteiger partial charge >= 0.3 is 0 Å². The molecule has 0 aromatic carbocycles. The van der Waals surface area contributed by atoms with Gasteiger partial charge in [0, 0.05) is 19.0 Å². The number of ether oxygens (including phenoxy) is 1. The lowest BCUT2D eigenvalue weighted by Crippen LogP contribution is -2.43. The van der Waals surface area contributed by atoms with Crippen LogP contribution in [0.5, 0.6) is 0 Å². The van der Waals surface area contributed by atoms with Crippen LogP contribution in [0.3, 0.4) is 0 Å². The summed E-state index contributed by atoms with van der Waals surface area (Å²) in [6.07, 6.45) is 12.3. The molecule has 2 aliphatic rings. The molecule has 1 spiro atoms. The van der Waals surface area contributed by atoms with Crippen molar-refractivity contribution in [3.63, 3.8) is 0 Å². The van der Waals surface area contributed by atoms with Crippen LogP contribution >= 0.6 is 0 Å². The van der Waals surface area contributed by atoms with Crippen molar-refractivity contribution in [2.45, 2.75) is 50.2 Å². The summed E-state index contributed by atoms with van der Waals surface area (Å²) in [6.45, 7) is 0.836. The third-order valence-electron chi connectivity index (χ3n) is 4.60. The van der Waals surface area contributed by atoms with Crippen molar-refractivity contribution in [2.75, 3.05) is 6.61 Å². The second-order valence-corrected chi connectivity index (χ2v) is 5.77. The molecular weight excluding hydrogens is 240 g/mol. The van der Waals surface area contributed by atoms with E-state index in [0.717, 1.165) is 25.1 Å². The fourth-order valence-corrected chi connectivity index (χ4v) is 3.65. The Morgan fingerprint density at radius 2 is 2.21 bits per heavy atom. The largest absolute Gasteiger partial charge is 0.375 e. The quantitative estimate of drug-likeness (QED) is 0.641. The fourth-order valence-electron chi connectivity index (χ4n) is 3.65. The molecule has 104 valence electrons. The van der Waals surface area contributed by atoms with Gasteiger partial charge in [0.05, 0.1) is 23.5 Å². The highest BCUT2D eigenvalue weighted by Crippen LogP contribution is 2.44. The summed E-state index contributed by atoms with van der Waals surface area (Å²) < 4.78 is 6.08. The minimum absolute atomic E-state index is 0.0788. The molecule has 5 nitrogen and oxygen atoms in total. The number of hydrogen-bond donors (Lipinski definition) is 2. The minimum atomic E-state index is 0.0788. The van der Waals surface area contributed by atoms with E-state index < -0.39 is 0 Å².